The zero-order valence-electron chi connectivity index (χ0n) is 15.5. The monoisotopic (exact) mass is 412 g/mol. The van der Waals surface area contributed by atoms with E-state index in [9.17, 15) is 14.9 Å². The van der Waals surface area contributed by atoms with Crippen LogP contribution in [0.2, 0.25) is 5.02 Å². The maximum absolute atomic E-state index is 13.0. The predicted octanol–water partition coefficient (Wildman–Crippen LogP) is 4.58. The average molecular weight is 413 g/mol. The predicted molar refractivity (Wildman–Crippen MR) is 106 cm³/mol. The zero-order valence-corrected chi connectivity index (χ0v) is 16.3. The van der Waals surface area contributed by atoms with Crippen LogP contribution in [0.25, 0.3) is 11.4 Å². The highest BCUT2D eigenvalue weighted by Gasteiger charge is 2.35. The van der Waals surface area contributed by atoms with Gasteiger partial charge >= 0.3 is 0 Å². The van der Waals surface area contributed by atoms with Gasteiger partial charge in [0.15, 0.2) is 0 Å². The Bertz CT molecular complexity index is 1100. The second kappa shape index (κ2) is 7.63. The van der Waals surface area contributed by atoms with Gasteiger partial charge < -0.3 is 9.42 Å². The second-order valence-corrected chi connectivity index (χ2v) is 7.31. The van der Waals surface area contributed by atoms with Gasteiger partial charge in [-0.15, -0.1) is 0 Å². The fraction of sp³-hybridized carbons (Fsp3) is 0.250. The molecule has 1 aliphatic rings. The molecule has 0 spiro atoms. The Kier molecular flexibility index (Phi) is 5.02. The van der Waals surface area contributed by atoms with E-state index in [1.807, 2.05) is 31.2 Å². The number of hydrogen-bond donors (Lipinski definition) is 0. The molecule has 1 aromatic heterocycles. The minimum absolute atomic E-state index is 0.0424. The van der Waals surface area contributed by atoms with E-state index >= 15 is 0 Å². The number of amides is 1. The van der Waals surface area contributed by atoms with Crippen LogP contribution in [0, 0.1) is 17.0 Å². The molecule has 9 heteroatoms. The fourth-order valence-corrected chi connectivity index (χ4v) is 3.74. The third-order valence-corrected chi connectivity index (χ3v) is 5.22. The van der Waals surface area contributed by atoms with Crippen LogP contribution in [-0.2, 0) is 0 Å². The summed E-state index contributed by atoms with van der Waals surface area (Å²) in [6, 6.07) is 11.2. The van der Waals surface area contributed by atoms with Crippen LogP contribution in [0.15, 0.2) is 47.0 Å². The highest BCUT2D eigenvalue weighted by Crippen LogP contribution is 2.35. The smallest absolute Gasteiger partial charge is 0.270 e. The van der Waals surface area contributed by atoms with Gasteiger partial charge in [-0.25, -0.2) is 0 Å². The minimum Gasteiger partial charge on any atom is -0.337 e. The number of carbonyl (C=O) groups is 1. The van der Waals surface area contributed by atoms with Gasteiger partial charge in [-0.2, -0.15) is 4.98 Å². The SMILES string of the molecule is Cc1cccc(-c2noc([C@H]3CCCN3C(=O)c3ccc([N+](=O)[O-])cc3Cl)n2)c1. The van der Waals surface area contributed by atoms with E-state index in [2.05, 4.69) is 10.1 Å². The normalized spacial score (nSPS) is 16.2. The molecule has 0 N–H and O–H groups in total. The Morgan fingerprint density at radius 2 is 2.14 bits per heavy atom. The van der Waals surface area contributed by atoms with Gasteiger partial charge in [-0.1, -0.05) is 40.5 Å². The van der Waals surface area contributed by atoms with Crippen molar-refractivity contribution < 1.29 is 14.2 Å². The Morgan fingerprint density at radius 1 is 1.31 bits per heavy atom. The highest BCUT2D eigenvalue weighted by atomic mass is 35.5. The molecule has 0 radical (unpaired) electrons. The molecule has 0 aliphatic carbocycles. The van der Waals surface area contributed by atoms with Gasteiger partial charge in [-0.05, 0) is 31.9 Å². The summed E-state index contributed by atoms with van der Waals surface area (Å²) in [7, 11) is 0. The van der Waals surface area contributed by atoms with E-state index in [1.165, 1.54) is 18.2 Å². The van der Waals surface area contributed by atoms with E-state index < -0.39 is 4.92 Å². The fourth-order valence-electron chi connectivity index (χ4n) is 3.48. The molecule has 0 unspecified atom stereocenters. The first-order valence-corrected chi connectivity index (χ1v) is 9.47. The van der Waals surface area contributed by atoms with Crippen LogP contribution >= 0.6 is 11.6 Å². The lowest BCUT2D eigenvalue weighted by Gasteiger charge is -2.22. The average Bonchev–Trinajstić information content (AvgIpc) is 3.36. The highest BCUT2D eigenvalue weighted by molar-refractivity contribution is 6.34. The van der Waals surface area contributed by atoms with Crippen LogP contribution in [0.1, 0.15) is 40.7 Å². The summed E-state index contributed by atoms with van der Waals surface area (Å²) in [5, 5.41) is 15.0. The van der Waals surface area contributed by atoms with Crippen molar-refractivity contribution in [1.82, 2.24) is 15.0 Å². The third-order valence-electron chi connectivity index (χ3n) is 4.91. The second-order valence-electron chi connectivity index (χ2n) is 6.90. The summed E-state index contributed by atoms with van der Waals surface area (Å²) < 4.78 is 5.46. The number of non-ortho nitro benzene ring substituents is 1. The Labute approximate surface area is 171 Å². The molecule has 0 bridgehead atoms. The number of hydrogen-bond acceptors (Lipinski definition) is 6. The largest absolute Gasteiger partial charge is 0.337 e. The molecule has 1 fully saturated rings. The van der Waals surface area contributed by atoms with Crippen LogP contribution < -0.4 is 0 Å². The summed E-state index contributed by atoms with van der Waals surface area (Å²) >= 11 is 6.14. The van der Waals surface area contributed by atoms with E-state index in [0.717, 1.165) is 17.5 Å². The van der Waals surface area contributed by atoms with E-state index in [0.29, 0.717) is 24.7 Å². The van der Waals surface area contributed by atoms with Crippen molar-refractivity contribution >= 4 is 23.2 Å². The summed E-state index contributed by atoms with van der Waals surface area (Å²) in [4.78, 5) is 29.5. The first-order chi connectivity index (χ1) is 13.9. The van der Waals surface area contributed by atoms with Crippen LogP contribution in [-0.4, -0.2) is 32.4 Å². The summed E-state index contributed by atoms with van der Waals surface area (Å²) in [5.41, 5.74) is 1.97. The van der Waals surface area contributed by atoms with Crippen molar-refractivity contribution in [2.45, 2.75) is 25.8 Å². The molecular formula is C20H17ClN4O4. The molecule has 0 saturated carbocycles. The number of likely N-dealkylation sites (tertiary alicyclic amines) is 1. The maximum atomic E-state index is 13.0. The van der Waals surface area contributed by atoms with Gasteiger partial charge in [0.1, 0.15) is 6.04 Å². The number of halogens is 1. The number of rotatable bonds is 4. The molecule has 2 heterocycles. The van der Waals surface area contributed by atoms with Crippen LogP contribution in [0.3, 0.4) is 0 Å². The summed E-state index contributed by atoms with van der Waals surface area (Å²) in [6.45, 7) is 2.49. The Morgan fingerprint density at radius 3 is 2.86 bits per heavy atom. The molecule has 148 valence electrons. The first-order valence-electron chi connectivity index (χ1n) is 9.09. The molecule has 1 saturated heterocycles. The number of nitro benzene ring substituents is 1. The van der Waals surface area contributed by atoms with Crippen molar-refractivity contribution in [3.8, 4) is 11.4 Å². The number of aryl methyl sites for hydroxylation is 1. The van der Waals surface area contributed by atoms with E-state index in [-0.39, 0.29) is 28.2 Å². The zero-order chi connectivity index (χ0) is 20.5. The van der Waals surface area contributed by atoms with Crippen molar-refractivity contribution in [3.63, 3.8) is 0 Å². The van der Waals surface area contributed by atoms with Crippen LogP contribution in [0.5, 0.6) is 0 Å². The first kappa shape index (κ1) is 19.1. The van der Waals surface area contributed by atoms with Gasteiger partial charge in [0.05, 0.1) is 15.5 Å². The molecule has 1 atom stereocenters. The maximum Gasteiger partial charge on any atom is 0.270 e. The van der Waals surface area contributed by atoms with Gasteiger partial charge in [-0.3, -0.25) is 14.9 Å². The standard InChI is InChI=1S/C20H17ClN4O4/c1-12-4-2-5-13(10-12)18-22-19(29-23-18)17-6-3-9-24(17)20(26)15-8-7-14(25(27)28)11-16(15)21/h2,4-5,7-8,10-11,17H,3,6,9H2,1H3/t17-/m1/s1. The Balaban J connectivity index is 1.60. The summed E-state index contributed by atoms with van der Waals surface area (Å²) in [6.07, 6.45) is 1.47. The van der Waals surface area contributed by atoms with Crippen molar-refractivity contribution in [3.05, 3.63) is 74.6 Å². The van der Waals surface area contributed by atoms with Crippen molar-refractivity contribution in [2.24, 2.45) is 0 Å². The minimum atomic E-state index is -0.552. The lowest BCUT2D eigenvalue weighted by atomic mass is 10.1. The third kappa shape index (κ3) is 3.71. The Hall–Kier alpha value is -3.26. The topological polar surface area (TPSA) is 102 Å². The molecule has 2 aromatic carbocycles. The molecule has 4 rings (SSSR count). The molecule has 29 heavy (non-hydrogen) atoms. The molecule has 1 amide bonds. The number of nitrogens with zero attached hydrogens (tertiary/aromatic N) is 4. The quantitative estimate of drug-likeness (QED) is 0.459. The number of benzene rings is 2. The number of aromatic nitrogens is 2. The lowest BCUT2D eigenvalue weighted by Crippen LogP contribution is -2.31. The molecule has 1 aliphatic heterocycles. The van der Waals surface area contributed by atoms with Gasteiger partial charge in [0.2, 0.25) is 11.7 Å². The molecular weight excluding hydrogens is 396 g/mol. The van der Waals surface area contributed by atoms with E-state index in [4.69, 9.17) is 16.1 Å². The molecule has 3 aromatic rings. The molecule has 8 nitrogen and oxygen atoms in total. The van der Waals surface area contributed by atoms with Crippen LogP contribution in [0.4, 0.5) is 5.69 Å². The lowest BCUT2D eigenvalue weighted by molar-refractivity contribution is -0.384. The number of nitro groups is 1. The van der Waals surface area contributed by atoms with Crippen molar-refractivity contribution in [1.29, 1.82) is 0 Å². The number of carbonyl (C=O) groups excluding carboxylic acids is 1. The van der Waals surface area contributed by atoms with Gasteiger partial charge in [0, 0.05) is 24.2 Å². The van der Waals surface area contributed by atoms with Crippen molar-refractivity contribution in [2.75, 3.05) is 6.54 Å². The van der Waals surface area contributed by atoms with Gasteiger partial charge in [0.25, 0.3) is 11.6 Å². The van der Waals surface area contributed by atoms with E-state index in [1.54, 1.807) is 4.90 Å². The summed E-state index contributed by atoms with van der Waals surface area (Å²) in [5.74, 6) is 0.518.